The largest absolute Gasteiger partial charge is 0.507 e. The van der Waals surface area contributed by atoms with Gasteiger partial charge in [0.1, 0.15) is 11.5 Å². The number of morpholine rings is 1. The minimum absolute atomic E-state index is 0.0211. The molecule has 1 amide bonds. The van der Waals surface area contributed by atoms with Crippen molar-refractivity contribution in [2.24, 2.45) is 0 Å². The summed E-state index contributed by atoms with van der Waals surface area (Å²) in [6.45, 7) is 8.22. The number of rotatable bonds is 8. The third kappa shape index (κ3) is 5.29. The molecule has 0 saturated carbocycles. The second-order valence-electron chi connectivity index (χ2n) is 8.78. The van der Waals surface area contributed by atoms with E-state index in [9.17, 15) is 14.7 Å². The van der Waals surface area contributed by atoms with E-state index in [1.54, 1.807) is 47.6 Å². The first-order valence-corrected chi connectivity index (χ1v) is 11.7. The van der Waals surface area contributed by atoms with Gasteiger partial charge in [-0.3, -0.25) is 19.5 Å². The topological polar surface area (TPSA) is 92.2 Å². The fraction of sp³-hybridized carbons (Fsp3) is 0.423. The zero-order valence-corrected chi connectivity index (χ0v) is 19.6. The van der Waals surface area contributed by atoms with Crippen molar-refractivity contribution in [1.82, 2.24) is 14.8 Å². The van der Waals surface area contributed by atoms with E-state index in [0.717, 1.165) is 19.6 Å². The third-order valence-corrected chi connectivity index (χ3v) is 6.02. The summed E-state index contributed by atoms with van der Waals surface area (Å²) < 4.78 is 11.1. The Morgan fingerprint density at radius 1 is 1.15 bits per heavy atom. The van der Waals surface area contributed by atoms with E-state index in [4.69, 9.17) is 9.47 Å². The number of likely N-dealkylation sites (tertiary alicyclic amines) is 1. The zero-order valence-electron chi connectivity index (χ0n) is 19.6. The molecule has 0 aliphatic carbocycles. The summed E-state index contributed by atoms with van der Waals surface area (Å²) in [5.41, 5.74) is 1.23. The van der Waals surface area contributed by atoms with E-state index in [-0.39, 0.29) is 17.4 Å². The summed E-state index contributed by atoms with van der Waals surface area (Å²) in [6.07, 6.45) is 4.01. The number of hydrogen-bond donors (Lipinski definition) is 1. The molecule has 1 unspecified atom stereocenters. The van der Waals surface area contributed by atoms with Gasteiger partial charge in [-0.25, -0.2) is 0 Å². The fourth-order valence-corrected chi connectivity index (χ4v) is 4.40. The SMILES string of the molecule is CC(C)Oc1ccc(/C(O)=C2\C(=O)C(=O)N(CCCN3CCOCC3)C2c2cccnc2)cc1. The smallest absolute Gasteiger partial charge is 0.295 e. The van der Waals surface area contributed by atoms with Crippen molar-refractivity contribution >= 4 is 17.4 Å². The van der Waals surface area contributed by atoms with Crippen molar-refractivity contribution in [2.75, 3.05) is 39.4 Å². The molecule has 2 fully saturated rings. The number of carbonyl (C=O) groups is 2. The Labute approximate surface area is 199 Å². The minimum atomic E-state index is -0.690. The Kier molecular flexibility index (Phi) is 7.59. The first-order chi connectivity index (χ1) is 16.5. The number of amides is 1. The highest BCUT2D eigenvalue weighted by molar-refractivity contribution is 6.46. The van der Waals surface area contributed by atoms with Gasteiger partial charge in [0.15, 0.2) is 0 Å². The molecule has 1 aromatic carbocycles. The molecule has 0 spiro atoms. The third-order valence-electron chi connectivity index (χ3n) is 6.02. The van der Waals surface area contributed by atoms with Gasteiger partial charge in [-0.15, -0.1) is 0 Å². The van der Waals surface area contributed by atoms with E-state index < -0.39 is 17.7 Å². The zero-order chi connectivity index (χ0) is 24.1. The number of hydrogen-bond acceptors (Lipinski definition) is 7. The maximum absolute atomic E-state index is 13.1. The van der Waals surface area contributed by atoms with Gasteiger partial charge in [0.05, 0.1) is 30.9 Å². The number of pyridine rings is 1. The second-order valence-corrected chi connectivity index (χ2v) is 8.78. The number of ketones is 1. The summed E-state index contributed by atoms with van der Waals surface area (Å²) in [6, 6.07) is 9.77. The highest BCUT2D eigenvalue weighted by atomic mass is 16.5. The van der Waals surface area contributed by atoms with E-state index in [2.05, 4.69) is 9.88 Å². The van der Waals surface area contributed by atoms with Crippen LogP contribution in [0, 0.1) is 0 Å². The van der Waals surface area contributed by atoms with Crippen LogP contribution in [0.4, 0.5) is 0 Å². The summed E-state index contributed by atoms with van der Waals surface area (Å²) in [7, 11) is 0. The lowest BCUT2D eigenvalue weighted by Crippen LogP contribution is -2.39. The van der Waals surface area contributed by atoms with Crippen LogP contribution in [0.1, 0.15) is 37.4 Å². The molecule has 8 nitrogen and oxygen atoms in total. The average Bonchev–Trinajstić information content (AvgIpc) is 3.10. The van der Waals surface area contributed by atoms with Gasteiger partial charge in [0, 0.05) is 44.1 Å². The number of carbonyl (C=O) groups excluding carboxylic acids is 2. The Bertz CT molecular complexity index is 1030. The molecule has 0 radical (unpaired) electrons. The first kappa shape index (κ1) is 23.9. The molecular weight excluding hydrogens is 434 g/mol. The summed E-state index contributed by atoms with van der Waals surface area (Å²) in [5.74, 6) is -0.810. The monoisotopic (exact) mass is 465 g/mol. The Balaban J connectivity index is 1.62. The lowest BCUT2D eigenvalue weighted by atomic mass is 9.96. The van der Waals surface area contributed by atoms with Crippen LogP contribution >= 0.6 is 0 Å². The Hall–Kier alpha value is -3.23. The van der Waals surface area contributed by atoms with Crippen molar-refractivity contribution < 1.29 is 24.2 Å². The summed E-state index contributed by atoms with van der Waals surface area (Å²) in [4.78, 5) is 34.2. The van der Waals surface area contributed by atoms with Crippen LogP contribution in [0.2, 0.25) is 0 Å². The van der Waals surface area contributed by atoms with Crippen LogP contribution in [0.25, 0.3) is 5.76 Å². The standard InChI is InChI=1S/C26H31N3O5/c1-18(2)34-21-8-6-19(7-9-21)24(30)22-23(20-5-3-10-27-17-20)29(26(32)25(22)31)12-4-11-28-13-15-33-16-14-28/h3,5-10,17-18,23,30H,4,11-16H2,1-2H3/b24-22+. The van der Waals surface area contributed by atoms with Crippen molar-refractivity contribution in [3.8, 4) is 5.75 Å². The van der Waals surface area contributed by atoms with Gasteiger partial charge in [0.2, 0.25) is 0 Å². The molecule has 4 rings (SSSR count). The minimum Gasteiger partial charge on any atom is -0.507 e. The molecule has 2 aliphatic rings. The van der Waals surface area contributed by atoms with E-state index >= 15 is 0 Å². The highest BCUT2D eigenvalue weighted by Crippen LogP contribution is 2.39. The number of ether oxygens (including phenoxy) is 2. The number of aliphatic hydroxyl groups excluding tert-OH is 1. The summed E-state index contributed by atoms with van der Waals surface area (Å²) in [5, 5.41) is 11.2. The second kappa shape index (κ2) is 10.8. The van der Waals surface area contributed by atoms with E-state index in [1.807, 2.05) is 19.9 Å². The predicted molar refractivity (Wildman–Crippen MR) is 127 cm³/mol. The number of aromatic nitrogens is 1. The normalized spacial score (nSPS) is 20.8. The van der Waals surface area contributed by atoms with Gasteiger partial charge in [0.25, 0.3) is 11.7 Å². The van der Waals surface area contributed by atoms with Crippen LogP contribution in [0.15, 0.2) is 54.4 Å². The number of aliphatic hydroxyl groups is 1. The Morgan fingerprint density at radius 3 is 2.53 bits per heavy atom. The van der Waals surface area contributed by atoms with Crippen molar-refractivity contribution in [2.45, 2.75) is 32.4 Å². The predicted octanol–water partition coefficient (Wildman–Crippen LogP) is 3.01. The molecule has 2 aliphatic heterocycles. The number of nitrogens with zero attached hydrogens (tertiary/aromatic N) is 3. The van der Waals surface area contributed by atoms with Crippen LogP contribution in [-0.4, -0.2) is 77.1 Å². The van der Waals surface area contributed by atoms with Crippen LogP contribution in [-0.2, 0) is 14.3 Å². The molecule has 34 heavy (non-hydrogen) atoms. The van der Waals surface area contributed by atoms with Crippen LogP contribution in [0.5, 0.6) is 5.75 Å². The van der Waals surface area contributed by atoms with E-state index in [1.165, 1.54) is 0 Å². The number of benzene rings is 1. The maximum atomic E-state index is 13.1. The molecule has 180 valence electrons. The van der Waals surface area contributed by atoms with Gasteiger partial charge in [-0.2, -0.15) is 0 Å². The molecule has 3 heterocycles. The number of Topliss-reactive ketones (excluding diaryl/α,β-unsaturated/α-hetero) is 1. The molecule has 8 heteroatoms. The van der Waals surface area contributed by atoms with Crippen molar-refractivity contribution in [3.05, 3.63) is 65.5 Å². The van der Waals surface area contributed by atoms with Gasteiger partial charge in [-0.1, -0.05) is 6.07 Å². The quantitative estimate of drug-likeness (QED) is 0.364. The molecular formula is C26H31N3O5. The fourth-order valence-electron chi connectivity index (χ4n) is 4.40. The van der Waals surface area contributed by atoms with Crippen LogP contribution < -0.4 is 4.74 Å². The van der Waals surface area contributed by atoms with Gasteiger partial charge in [-0.05, 0) is 56.2 Å². The molecule has 0 bridgehead atoms. The maximum Gasteiger partial charge on any atom is 0.295 e. The first-order valence-electron chi connectivity index (χ1n) is 11.7. The molecule has 2 saturated heterocycles. The Morgan fingerprint density at radius 2 is 1.88 bits per heavy atom. The molecule has 2 aromatic rings. The summed E-state index contributed by atoms with van der Waals surface area (Å²) >= 11 is 0. The highest BCUT2D eigenvalue weighted by Gasteiger charge is 2.45. The van der Waals surface area contributed by atoms with E-state index in [0.29, 0.717) is 43.1 Å². The average molecular weight is 466 g/mol. The van der Waals surface area contributed by atoms with Gasteiger partial charge < -0.3 is 19.5 Å². The lowest BCUT2D eigenvalue weighted by molar-refractivity contribution is -0.140. The molecule has 1 atom stereocenters. The molecule has 1 N–H and O–H groups in total. The lowest BCUT2D eigenvalue weighted by Gasteiger charge is -2.29. The molecule has 1 aromatic heterocycles. The van der Waals surface area contributed by atoms with Gasteiger partial charge >= 0.3 is 0 Å². The van der Waals surface area contributed by atoms with Crippen molar-refractivity contribution in [1.29, 1.82) is 0 Å². The van der Waals surface area contributed by atoms with Crippen molar-refractivity contribution in [3.63, 3.8) is 0 Å². The van der Waals surface area contributed by atoms with Crippen LogP contribution in [0.3, 0.4) is 0 Å².